The lowest BCUT2D eigenvalue weighted by molar-refractivity contribution is 0.128. The molecule has 1 aromatic heterocycles. The van der Waals surface area contributed by atoms with Crippen LogP contribution in [0, 0.1) is 0 Å². The van der Waals surface area contributed by atoms with Crippen molar-refractivity contribution in [2.75, 3.05) is 13.2 Å². The lowest BCUT2D eigenvalue weighted by Crippen LogP contribution is -2.43. The number of pyridine rings is 1. The van der Waals surface area contributed by atoms with Crippen molar-refractivity contribution in [1.82, 2.24) is 15.6 Å². The molecule has 6 nitrogen and oxygen atoms in total. The molecule has 126 valence electrons. The molecule has 0 saturated heterocycles. The summed E-state index contributed by atoms with van der Waals surface area (Å²) in [5, 5.41) is 6.25. The van der Waals surface area contributed by atoms with E-state index < -0.39 is 0 Å². The number of aromatic nitrogens is 1. The first-order chi connectivity index (χ1) is 11.7. The van der Waals surface area contributed by atoms with Gasteiger partial charge in [0.15, 0.2) is 11.1 Å². The van der Waals surface area contributed by atoms with Gasteiger partial charge in [-0.05, 0) is 29.9 Å². The number of aliphatic imine (C=N–C) groups is 1. The second kappa shape index (κ2) is 10.3. The van der Waals surface area contributed by atoms with Crippen molar-refractivity contribution in [3.8, 4) is 0 Å². The van der Waals surface area contributed by atoms with Gasteiger partial charge in [-0.25, -0.2) is 0 Å². The van der Waals surface area contributed by atoms with E-state index in [9.17, 15) is 0 Å². The van der Waals surface area contributed by atoms with E-state index in [2.05, 4.69) is 20.6 Å². The summed E-state index contributed by atoms with van der Waals surface area (Å²) in [5.74, 6) is 0.261. The minimum atomic E-state index is 0.261. The molecule has 0 saturated carbocycles. The number of hydrogen-bond acceptors (Lipinski definition) is 4. The Labute approximate surface area is 147 Å². The Morgan fingerprint density at radius 3 is 2.71 bits per heavy atom. The highest BCUT2D eigenvalue weighted by Gasteiger charge is 1.99. The SMILES string of the molecule is NC(=NCCOCc1ccccc1)NC(=S)NCc1ccccn1. The quantitative estimate of drug-likeness (QED) is 0.306. The molecule has 0 aliphatic rings. The van der Waals surface area contributed by atoms with Crippen LogP contribution in [-0.2, 0) is 17.9 Å². The van der Waals surface area contributed by atoms with Crippen LogP contribution in [0.15, 0.2) is 59.7 Å². The van der Waals surface area contributed by atoms with E-state index in [1.165, 1.54) is 0 Å². The smallest absolute Gasteiger partial charge is 0.194 e. The summed E-state index contributed by atoms with van der Waals surface area (Å²) >= 11 is 5.15. The lowest BCUT2D eigenvalue weighted by atomic mass is 10.2. The number of benzene rings is 1. The first-order valence-corrected chi connectivity index (χ1v) is 8.01. The lowest BCUT2D eigenvalue weighted by Gasteiger charge is -2.09. The van der Waals surface area contributed by atoms with Crippen LogP contribution >= 0.6 is 12.2 Å². The van der Waals surface area contributed by atoms with Crippen molar-refractivity contribution in [3.05, 3.63) is 66.0 Å². The first kappa shape index (κ1) is 17.8. The number of rotatable bonds is 7. The minimum absolute atomic E-state index is 0.261. The van der Waals surface area contributed by atoms with Gasteiger partial charge < -0.3 is 21.1 Å². The molecule has 0 aliphatic carbocycles. The topological polar surface area (TPSA) is 84.6 Å². The number of thiocarbonyl (C=S) groups is 1. The second-order valence-corrected chi connectivity index (χ2v) is 5.34. The van der Waals surface area contributed by atoms with Crippen LogP contribution in [-0.4, -0.2) is 29.2 Å². The summed E-state index contributed by atoms with van der Waals surface area (Å²) in [4.78, 5) is 8.36. The van der Waals surface area contributed by atoms with Crippen molar-refractivity contribution in [2.45, 2.75) is 13.2 Å². The molecule has 4 N–H and O–H groups in total. The highest BCUT2D eigenvalue weighted by Crippen LogP contribution is 1.99. The molecule has 24 heavy (non-hydrogen) atoms. The number of nitrogens with zero attached hydrogens (tertiary/aromatic N) is 2. The molecule has 0 radical (unpaired) electrons. The molecule has 0 spiro atoms. The molecule has 0 bridgehead atoms. The summed E-state index contributed by atoms with van der Waals surface area (Å²) in [5.41, 5.74) is 7.80. The Kier molecular flexibility index (Phi) is 7.66. The van der Waals surface area contributed by atoms with E-state index >= 15 is 0 Å². The van der Waals surface area contributed by atoms with Gasteiger partial charge >= 0.3 is 0 Å². The van der Waals surface area contributed by atoms with Crippen LogP contribution in [0.4, 0.5) is 0 Å². The van der Waals surface area contributed by atoms with E-state index in [4.69, 9.17) is 22.7 Å². The predicted octanol–water partition coefficient (Wildman–Crippen LogP) is 1.58. The van der Waals surface area contributed by atoms with E-state index in [-0.39, 0.29) is 5.96 Å². The van der Waals surface area contributed by atoms with Gasteiger partial charge in [-0.3, -0.25) is 9.98 Å². The maximum atomic E-state index is 5.78. The van der Waals surface area contributed by atoms with Crippen molar-refractivity contribution in [3.63, 3.8) is 0 Å². The first-order valence-electron chi connectivity index (χ1n) is 7.60. The fourth-order valence-corrected chi connectivity index (χ4v) is 2.05. The fourth-order valence-electron chi connectivity index (χ4n) is 1.87. The van der Waals surface area contributed by atoms with Crippen molar-refractivity contribution in [1.29, 1.82) is 0 Å². The Bertz CT molecular complexity index is 649. The van der Waals surface area contributed by atoms with Crippen molar-refractivity contribution >= 4 is 23.3 Å². The average molecular weight is 343 g/mol. The van der Waals surface area contributed by atoms with Crippen molar-refractivity contribution < 1.29 is 4.74 Å². The Hall–Kier alpha value is -2.51. The molecule has 0 atom stereocenters. The number of ether oxygens (including phenoxy) is 1. The Balaban J connectivity index is 1.60. The van der Waals surface area contributed by atoms with Crippen LogP contribution in [0.2, 0.25) is 0 Å². The normalized spacial score (nSPS) is 11.1. The third-order valence-corrected chi connectivity index (χ3v) is 3.27. The molecule has 7 heteroatoms. The summed E-state index contributed by atoms with van der Waals surface area (Å²) in [6, 6.07) is 15.7. The number of nitrogens with two attached hydrogens (primary N) is 1. The maximum Gasteiger partial charge on any atom is 0.194 e. The molecular formula is C17H21N5OS. The molecular weight excluding hydrogens is 322 g/mol. The molecule has 0 amide bonds. The van der Waals surface area contributed by atoms with E-state index in [0.29, 0.717) is 31.4 Å². The van der Waals surface area contributed by atoms with Crippen LogP contribution < -0.4 is 16.4 Å². The van der Waals surface area contributed by atoms with Gasteiger partial charge in [0.2, 0.25) is 0 Å². The number of hydrogen-bond donors (Lipinski definition) is 3. The molecule has 0 unspecified atom stereocenters. The monoisotopic (exact) mass is 343 g/mol. The van der Waals surface area contributed by atoms with Gasteiger partial charge in [-0.15, -0.1) is 0 Å². The van der Waals surface area contributed by atoms with Gasteiger partial charge in [-0.1, -0.05) is 36.4 Å². The predicted molar refractivity (Wildman–Crippen MR) is 99.4 cm³/mol. The Morgan fingerprint density at radius 2 is 1.96 bits per heavy atom. The number of nitrogens with one attached hydrogen (secondary N) is 2. The van der Waals surface area contributed by atoms with Crippen LogP contribution in [0.3, 0.4) is 0 Å². The highest BCUT2D eigenvalue weighted by atomic mass is 32.1. The van der Waals surface area contributed by atoms with Gasteiger partial charge in [-0.2, -0.15) is 0 Å². The molecule has 0 fully saturated rings. The largest absolute Gasteiger partial charge is 0.375 e. The van der Waals surface area contributed by atoms with Gasteiger partial charge in [0.05, 0.1) is 32.0 Å². The average Bonchev–Trinajstić information content (AvgIpc) is 2.61. The molecule has 2 rings (SSSR count). The van der Waals surface area contributed by atoms with Crippen molar-refractivity contribution in [2.24, 2.45) is 10.7 Å². The molecule has 2 aromatic rings. The van der Waals surface area contributed by atoms with Gasteiger partial charge in [0.25, 0.3) is 0 Å². The van der Waals surface area contributed by atoms with Crippen LogP contribution in [0.1, 0.15) is 11.3 Å². The third-order valence-electron chi connectivity index (χ3n) is 3.03. The maximum absolute atomic E-state index is 5.78. The van der Waals surface area contributed by atoms with Crippen LogP contribution in [0.25, 0.3) is 0 Å². The van der Waals surface area contributed by atoms with Gasteiger partial charge in [0.1, 0.15) is 0 Å². The van der Waals surface area contributed by atoms with E-state index in [0.717, 1.165) is 11.3 Å². The standard InChI is InChI=1S/C17H21N5OS/c18-16(20-10-11-23-13-14-6-2-1-3-7-14)22-17(24)21-12-15-8-4-5-9-19-15/h1-9H,10-13H2,(H4,18,20,21,22,24). The minimum Gasteiger partial charge on any atom is -0.375 e. The molecule has 1 heterocycles. The summed E-state index contributed by atoms with van der Waals surface area (Å²) in [6.45, 7) is 2.05. The second-order valence-electron chi connectivity index (χ2n) is 4.93. The van der Waals surface area contributed by atoms with E-state index in [1.54, 1.807) is 6.20 Å². The third kappa shape index (κ3) is 7.17. The summed E-state index contributed by atoms with van der Waals surface area (Å²) < 4.78 is 5.53. The zero-order chi connectivity index (χ0) is 17.0. The van der Waals surface area contributed by atoms with Crippen LogP contribution in [0.5, 0.6) is 0 Å². The zero-order valence-electron chi connectivity index (χ0n) is 13.3. The summed E-state index contributed by atoms with van der Waals surface area (Å²) in [7, 11) is 0. The molecule has 0 aliphatic heterocycles. The van der Waals surface area contributed by atoms with Gasteiger partial charge in [0, 0.05) is 6.20 Å². The fraction of sp³-hybridized carbons (Fsp3) is 0.235. The number of guanidine groups is 1. The molecule has 1 aromatic carbocycles. The Morgan fingerprint density at radius 1 is 1.17 bits per heavy atom. The highest BCUT2D eigenvalue weighted by molar-refractivity contribution is 7.80. The van der Waals surface area contributed by atoms with E-state index in [1.807, 2.05) is 48.5 Å². The zero-order valence-corrected chi connectivity index (χ0v) is 14.1. The summed E-state index contributed by atoms with van der Waals surface area (Å²) in [6.07, 6.45) is 1.73.